The van der Waals surface area contributed by atoms with Gasteiger partial charge in [0.2, 0.25) is 0 Å². The fourth-order valence-corrected chi connectivity index (χ4v) is 3.94. The standard InChI is InChI=1S/C19H24O3S/c1-3-5-8-13(4-2)11-15(19(21)22)18(20)16-12-23-17-10-7-6-9-14(16)17/h6-7,9-10,12-13,15H,3-5,8,11H2,1-2H3,(H,21,22). The number of ketones is 1. The van der Waals surface area contributed by atoms with Crippen LogP contribution in [-0.2, 0) is 4.79 Å². The summed E-state index contributed by atoms with van der Waals surface area (Å²) >= 11 is 1.50. The molecule has 0 amide bonds. The highest BCUT2D eigenvalue weighted by atomic mass is 32.1. The Hall–Kier alpha value is -1.68. The van der Waals surface area contributed by atoms with Crippen LogP contribution in [0, 0.1) is 11.8 Å². The molecule has 2 aromatic rings. The van der Waals surface area contributed by atoms with Crippen LogP contribution >= 0.6 is 11.3 Å². The predicted molar refractivity (Wildman–Crippen MR) is 95.2 cm³/mol. The number of carbonyl (C=O) groups excluding carboxylic acids is 1. The van der Waals surface area contributed by atoms with Gasteiger partial charge in [-0.1, -0.05) is 57.7 Å². The number of carboxylic acids is 1. The van der Waals surface area contributed by atoms with Crippen molar-refractivity contribution in [1.29, 1.82) is 0 Å². The van der Waals surface area contributed by atoms with Gasteiger partial charge in [0.25, 0.3) is 0 Å². The maximum atomic E-state index is 12.8. The number of thiophene rings is 1. The van der Waals surface area contributed by atoms with E-state index in [-0.39, 0.29) is 5.78 Å². The van der Waals surface area contributed by atoms with Crippen LogP contribution < -0.4 is 0 Å². The van der Waals surface area contributed by atoms with Crippen molar-refractivity contribution in [1.82, 2.24) is 0 Å². The molecule has 1 heterocycles. The van der Waals surface area contributed by atoms with Crippen LogP contribution in [-0.4, -0.2) is 16.9 Å². The topological polar surface area (TPSA) is 54.4 Å². The molecule has 4 heteroatoms. The summed E-state index contributed by atoms with van der Waals surface area (Å²) in [6.45, 7) is 4.20. The zero-order valence-electron chi connectivity index (χ0n) is 13.7. The summed E-state index contributed by atoms with van der Waals surface area (Å²) in [5.74, 6) is -1.88. The summed E-state index contributed by atoms with van der Waals surface area (Å²) in [5.41, 5.74) is 0.559. The maximum absolute atomic E-state index is 12.8. The van der Waals surface area contributed by atoms with Crippen molar-refractivity contribution in [3.05, 3.63) is 35.2 Å². The number of hydrogen-bond acceptors (Lipinski definition) is 3. The average molecular weight is 332 g/mol. The molecule has 0 aliphatic rings. The Labute approximate surface area is 141 Å². The maximum Gasteiger partial charge on any atom is 0.314 e. The van der Waals surface area contributed by atoms with E-state index in [2.05, 4.69) is 13.8 Å². The quantitative estimate of drug-likeness (QED) is 0.494. The van der Waals surface area contributed by atoms with E-state index in [4.69, 9.17) is 0 Å². The van der Waals surface area contributed by atoms with Crippen molar-refractivity contribution in [2.24, 2.45) is 11.8 Å². The molecule has 3 nitrogen and oxygen atoms in total. The molecule has 2 unspecified atom stereocenters. The third-order valence-electron chi connectivity index (χ3n) is 4.47. The van der Waals surface area contributed by atoms with Crippen LogP contribution in [0.5, 0.6) is 0 Å². The van der Waals surface area contributed by atoms with Gasteiger partial charge in [-0.05, 0) is 18.4 Å². The van der Waals surface area contributed by atoms with Crippen molar-refractivity contribution >= 4 is 33.2 Å². The minimum absolute atomic E-state index is 0.245. The van der Waals surface area contributed by atoms with Crippen LogP contribution in [0.4, 0.5) is 0 Å². The Morgan fingerprint density at radius 3 is 2.61 bits per heavy atom. The molecule has 0 aliphatic carbocycles. The highest BCUT2D eigenvalue weighted by Crippen LogP contribution is 2.30. The fraction of sp³-hybridized carbons (Fsp3) is 0.474. The number of hydrogen-bond donors (Lipinski definition) is 1. The second-order valence-electron chi connectivity index (χ2n) is 6.05. The molecule has 0 saturated carbocycles. The van der Waals surface area contributed by atoms with Gasteiger partial charge >= 0.3 is 5.97 Å². The third kappa shape index (κ3) is 4.20. The van der Waals surface area contributed by atoms with E-state index in [1.165, 1.54) is 11.3 Å². The Balaban J connectivity index is 2.23. The molecule has 0 spiro atoms. The summed E-state index contributed by atoms with van der Waals surface area (Å²) in [4.78, 5) is 24.5. The first kappa shape index (κ1) is 17.7. The summed E-state index contributed by atoms with van der Waals surface area (Å²) in [7, 11) is 0. The van der Waals surface area contributed by atoms with Gasteiger partial charge in [-0.15, -0.1) is 11.3 Å². The lowest BCUT2D eigenvalue weighted by Gasteiger charge is -2.19. The van der Waals surface area contributed by atoms with Gasteiger partial charge in [0.05, 0.1) is 0 Å². The SMILES string of the molecule is CCCCC(CC)CC(C(=O)O)C(=O)c1csc2ccccc12. The van der Waals surface area contributed by atoms with Crippen molar-refractivity contribution < 1.29 is 14.7 Å². The summed E-state index contributed by atoms with van der Waals surface area (Å²) in [6, 6.07) is 7.67. The van der Waals surface area contributed by atoms with Gasteiger partial charge in [-0.2, -0.15) is 0 Å². The molecular formula is C19H24O3S. The minimum Gasteiger partial charge on any atom is -0.481 e. The molecule has 1 N–H and O–H groups in total. The second-order valence-corrected chi connectivity index (χ2v) is 6.96. The number of Topliss-reactive ketones (excluding diaryl/α,β-unsaturated/α-hetero) is 1. The van der Waals surface area contributed by atoms with E-state index in [1.54, 1.807) is 5.38 Å². The lowest BCUT2D eigenvalue weighted by molar-refractivity contribution is -0.140. The largest absolute Gasteiger partial charge is 0.481 e. The summed E-state index contributed by atoms with van der Waals surface area (Å²) in [6.07, 6.45) is 4.53. The zero-order chi connectivity index (χ0) is 16.8. The van der Waals surface area contributed by atoms with Gasteiger partial charge in [-0.25, -0.2) is 0 Å². The molecular weight excluding hydrogens is 308 g/mol. The molecule has 0 saturated heterocycles. The first-order valence-corrected chi connectivity index (χ1v) is 9.19. The first-order valence-electron chi connectivity index (χ1n) is 8.31. The van der Waals surface area contributed by atoms with E-state index < -0.39 is 11.9 Å². The monoisotopic (exact) mass is 332 g/mol. The van der Waals surface area contributed by atoms with E-state index in [0.717, 1.165) is 35.8 Å². The first-order chi connectivity index (χ1) is 11.1. The van der Waals surface area contributed by atoms with E-state index >= 15 is 0 Å². The molecule has 0 fully saturated rings. The molecule has 2 rings (SSSR count). The van der Waals surface area contributed by atoms with Crippen molar-refractivity contribution in [2.45, 2.75) is 46.0 Å². The number of rotatable bonds is 9. The van der Waals surface area contributed by atoms with Gasteiger partial charge in [-0.3, -0.25) is 9.59 Å². The van der Waals surface area contributed by atoms with Crippen LogP contribution in [0.25, 0.3) is 10.1 Å². The van der Waals surface area contributed by atoms with Crippen LogP contribution in [0.1, 0.15) is 56.3 Å². The normalized spacial score (nSPS) is 13.8. The number of carbonyl (C=O) groups is 2. The fourth-order valence-electron chi connectivity index (χ4n) is 2.99. The molecule has 2 atom stereocenters. The molecule has 0 aliphatic heterocycles. The van der Waals surface area contributed by atoms with Crippen molar-refractivity contribution in [3.8, 4) is 0 Å². The second kappa shape index (κ2) is 8.25. The molecule has 0 radical (unpaired) electrons. The third-order valence-corrected chi connectivity index (χ3v) is 5.44. The van der Waals surface area contributed by atoms with Gasteiger partial charge in [0.1, 0.15) is 5.92 Å². The van der Waals surface area contributed by atoms with Gasteiger partial charge < -0.3 is 5.11 Å². The van der Waals surface area contributed by atoms with Crippen molar-refractivity contribution in [2.75, 3.05) is 0 Å². The predicted octanol–water partition coefficient (Wildman–Crippen LogP) is 5.39. The Kier molecular flexibility index (Phi) is 6.34. The van der Waals surface area contributed by atoms with Crippen LogP contribution in [0.2, 0.25) is 0 Å². The Morgan fingerprint density at radius 1 is 1.22 bits per heavy atom. The Bertz CT molecular complexity index is 674. The van der Waals surface area contributed by atoms with E-state index in [1.807, 2.05) is 24.3 Å². The van der Waals surface area contributed by atoms with Gasteiger partial charge in [0.15, 0.2) is 5.78 Å². The van der Waals surface area contributed by atoms with E-state index in [9.17, 15) is 14.7 Å². The molecule has 124 valence electrons. The number of unbranched alkanes of at least 4 members (excludes halogenated alkanes) is 1. The number of fused-ring (bicyclic) bond motifs is 1. The number of carboxylic acid groups (broad SMARTS) is 1. The number of benzene rings is 1. The zero-order valence-corrected chi connectivity index (χ0v) is 14.6. The highest BCUT2D eigenvalue weighted by Gasteiger charge is 2.31. The Morgan fingerprint density at radius 2 is 1.96 bits per heavy atom. The molecule has 1 aromatic heterocycles. The van der Waals surface area contributed by atoms with Crippen LogP contribution in [0.15, 0.2) is 29.6 Å². The highest BCUT2D eigenvalue weighted by molar-refractivity contribution is 7.17. The van der Waals surface area contributed by atoms with Gasteiger partial charge in [0, 0.05) is 21.0 Å². The lowest BCUT2D eigenvalue weighted by Crippen LogP contribution is -2.26. The van der Waals surface area contributed by atoms with E-state index in [0.29, 0.717) is 17.9 Å². The minimum atomic E-state index is -1.000. The molecule has 23 heavy (non-hydrogen) atoms. The number of aliphatic carboxylic acids is 1. The average Bonchev–Trinajstić information content (AvgIpc) is 2.98. The summed E-state index contributed by atoms with van der Waals surface area (Å²) < 4.78 is 1.03. The summed E-state index contributed by atoms with van der Waals surface area (Å²) in [5, 5.41) is 12.2. The smallest absolute Gasteiger partial charge is 0.314 e. The molecule has 0 bridgehead atoms. The van der Waals surface area contributed by atoms with Crippen LogP contribution in [0.3, 0.4) is 0 Å². The molecule has 1 aromatic carbocycles. The lowest BCUT2D eigenvalue weighted by atomic mass is 9.84. The van der Waals surface area contributed by atoms with Crippen molar-refractivity contribution in [3.63, 3.8) is 0 Å².